The van der Waals surface area contributed by atoms with Crippen LogP contribution in [0, 0.1) is 0 Å². The number of hydrogen-bond donors (Lipinski definition) is 0. The lowest BCUT2D eigenvalue weighted by Gasteiger charge is -2.06. The highest BCUT2D eigenvalue weighted by atomic mass is 16.5. The van der Waals surface area contributed by atoms with Gasteiger partial charge in [-0.1, -0.05) is 31.2 Å². The maximum atomic E-state index is 12.1. The van der Waals surface area contributed by atoms with E-state index in [1.807, 2.05) is 0 Å². The zero-order chi connectivity index (χ0) is 13.3. The SMILES string of the molecule is CCC(OC(C)=O)=C1C(=O)c2ccccc2C1=O. The van der Waals surface area contributed by atoms with Crippen LogP contribution in [0.4, 0.5) is 0 Å². The second kappa shape index (κ2) is 4.56. The van der Waals surface area contributed by atoms with Crippen molar-refractivity contribution >= 4 is 17.5 Å². The Morgan fingerprint density at radius 1 is 1.11 bits per heavy atom. The number of fused-ring (bicyclic) bond motifs is 1. The largest absolute Gasteiger partial charge is 0.430 e. The summed E-state index contributed by atoms with van der Waals surface area (Å²) in [5.41, 5.74) is 0.722. The number of Topliss-reactive ketones (excluding diaryl/α,β-unsaturated/α-hetero) is 2. The minimum absolute atomic E-state index is 0.0195. The van der Waals surface area contributed by atoms with E-state index in [1.54, 1.807) is 31.2 Å². The van der Waals surface area contributed by atoms with Crippen LogP contribution in [0.25, 0.3) is 0 Å². The molecule has 0 radical (unpaired) electrons. The molecule has 0 atom stereocenters. The summed E-state index contributed by atoms with van der Waals surface area (Å²) in [6, 6.07) is 6.60. The molecule has 0 unspecified atom stereocenters. The number of ether oxygens (including phenoxy) is 1. The molecule has 1 aromatic rings. The summed E-state index contributed by atoms with van der Waals surface area (Å²) >= 11 is 0. The number of ketones is 2. The highest BCUT2D eigenvalue weighted by molar-refractivity contribution is 6.39. The Labute approximate surface area is 104 Å². The van der Waals surface area contributed by atoms with Gasteiger partial charge in [-0.05, 0) is 0 Å². The van der Waals surface area contributed by atoms with E-state index in [9.17, 15) is 14.4 Å². The Hall–Kier alpha value is -2.23. The molecular weight excluding hydrogens is 232 g/mol. The first kappa shape index (κ1) is 12.2. The summed E-state index contributed by atoms with van der Waals surface area (Å²) in [6.07, 6.45) is 0.320. The standard InChI is InChI=1S/C14H12O4/c1-3-11(18-8(2)15)12-13(16)9-6-4-5-7-10(9)14(12)17/h4-7H,3H2,1-2H3. The fourth-order valence-corrected chi connectivity index (χ4v) is 1.98. The third kappa shape index (κ3) is 1.86. The highest BCUT2D eigenvalue weighted by Crippen LogP contribution is 2.29. The van der Waals surface area contributed by atoms with Gasteiger partial charge in [-0.2, -0.15) is 0 Å². The number of carbonyl (C=O) groups is 3. The van der Waals surface area contributed by atoms with Gasteiger partial charge in [0.2, 0.25) is 11.6 Å². The molecule has 4 heteroatoms. The van der Waals surface area contributed by atoms with Gasteiger partial charge >= 0.3 is 5.97 Å². The van der Waals surface area contributed by atoms with Gasteiger partial charge < -0.3 is 4.74 Å². The quantitative estimate of drug-likeness (QED) is 0.346. The van der Waals surface area contributed by atoms with Crippen LogP contribution < -0.4 is 0 Å². The minimum Gasteiger partial charge on any atom is -0.430 e. The number of allylic oxidation sites excluding steroid dienone is 2. The van der Waals surface area contributed by atoms with Gasteiger partial charge in [0.05, 0.1) is 0 Å². The Bertz CT molecular complexity index is 544. The van der Waals surface area contributed by atoms with Crippen LogP contribution in [0.3, 0.4) is 0 Å². The Morgan fingerprint density at radius 2 is 1.61 bits per heavy atom. The van der Waals surface area contributed by atoms with Crippen LogP contribution in [0.1, 0.15) is 41.0 Å². The van der Waals surface area contributed by atoms with Gasteiger partial charge in [0, 0.05) is 24.5 Å². The monoisotopic (exact) mass is 244 g/mol. The van der Waals surface area contributed by atoms with E-state index >= 15 is 0 Å². The van der Waals surface area contributed by atoms with Crippen LogP contribution >= 0.6 is 0 Å². The molecule has 0 aromatic heterocycles. The van der Waals surface area contributed by atoms with Crippen molar-refractivity contribution in [2.45, 2.75) is 20.3 Å². The summed E-state index contributed by atoms with van der Waals surface area (Å²) in [4.78, 5) is 35.2. The number of hydrogen-bond acceptors (Lipinski definition) is 4. The van der Waals surface area contributed by atoms with Crippen LogP contribution in [-0.2, 0) is 9.53 Å². The van der Waals surface area contributed by atoms with Crippen molar-refractivity contribution in [2.24, 2.45) is 0 Å². The zero-order valence-corrected chi connectivity index (χ0v) is 10.1. The summed E-state index contributed by atoms with van der Waals surface area (Å²) in [5.74, 6) is -1.12. The molecule has 0 heterocycles. The predicted octanol–water partition coefficient (Wildman–Crippen LogP) is 2.29. The predicted molar refractivity (Wildman–Crippen MR) is 64.2 cm³/mol. The highest BCUT2D eigenvalue weighted by Gasteiger charge is 2.35. The molecule has 18 heavy (non-hydrogen) atoms. The van der Waals surface area contributed by atoms with Crippen molar-refractivity contribution in [2.75, 3.05) is 0 Å². The van der Waals surface area contributed by atoms with Crippen LogP contribution in [0.5, 0.6) is 0 Å². The smallest absolute Gasteiger partial charge is 0.307 e. The Morgan fingerprint density at radius 3 is 2.00 bits per heavy atom. The lowest BCUT2D eigenvalue weighted by atomic mass is 10.1. The average Bonchev–Trinajstić information content (AvgIpc) is 2.60. The van der Waals surface area contributed by atoms with E-state index < -0.39 is 5.97 Å². The minimum atomic E-state index is -0.532. The van der Waals surface area contributed by atoms with Gasteiger partial charge in [-0.3, -0.25) is 14.4 Å². The first-order chi connectivity index (χ1) is 8.56. The maximum Gasteiger partial charge on any atom is 0.307 e. The normalized spacial score (nSPS) is 13.6. The van der Waals surface area contributed by atoms with E-state index in [0.717, 1.165) is 0 Å². The number of carbonyl (C=O) groups excluding carboxylic acids is 3. The van der Waals surface area contributed by atoms with E-state index in [4.69, 9.17) is 4.74 Å². The van der Waals surface area contributed by atoms with Gasteiger partial charge in [0.25, 0.3) is 0 Å². The molecule has 92 valence electrons. The average molecular weight is 244 g/mol. The van der Waals surface area contributed by atoms with Crippen molar-refractivity contribution < 1.29 is 19.1 Å². The third-order valence-corrected chi connectivity index (χ3v) is 2.74. The van der Waals surface area contributed by atoms with Crippen molar-refractivity contribution in [3.05, 3.63) is 46.7 Å². The fraction of sp³-hybridized carbons (Fsp3) is 0.214. The molecule has 0 bridgehead atoms. The van der Waals surface area contributed by atoms with Crippen molar-refractivity contribution in [1.82, 2.24) is 0 Å². The summed E-state index contributed by atoms with van der Waals surface area (Å²) in [5, 5.41) is 0. The molecule has 1 aromatic carbocycles. The molecule has 0 saturated heterocycles. The molecule has 4 nitrogen and oxygen atoms in total. The first-order valence-electron chi connectivity index (χ1n) is 5.66. The Balaban J connectivity index is 2.56. The molecule has 0 spiro atoms. The lowest BCUT2D eigenvalue weighted by molar-refractivity contribution is -0.137. The second-order valence-corrected chi connectivity index (χ2v) is 3.95. The molecule has 0 fully saturated rings. The molecule has 1 aliphatic rings. The molecule has 0 N–H and O–H groups in total. The van der Waals surface area contributed by atoms with Crippen LogP contribution in [0.15, 0.2) is 35.6 Å². The van der Waals surface area contributed by atoms with Crippen molar-refractivity contribution in [1.29, 1.82) is 0 Å². The Kier molecular flexibility index (Phi) is 3.10. The van der Waals surface area contributed by atoms with E-state index in [0.29, 0.717) is 17.5 Å². The van der Waals surface area contributed by atoms with E-state index in [2.05, 4.69) is 0 Å². The summed E-state index contributed by atoms with van der Waals surface area (Å²) in [6.45, 7) is 2.97. The second-order valence-electron chi connectivity index (χ2n) is 3.95. The topological polar surface area (TPSA) is 60.4 Å². The molecule has 2 rings (SSSR count). The number of rotatable bonds is 2. The first-order valence-corrected chi connectivity index (χ1v) is 5.66. The molecular formula is C14H12O4. The van der Waals surface area contributed by atoms with Crippen LogP contribution in [-0.4, -0.2) is 17.5 Å². The summed E-state index contributed by atoms with van der Waals surface area (Å²) in [7, 11) is 0. The van der Waals surface area contributed by atoms with E-state index in [-0.39, 0.29) is 22.9 Å². The van der Waals surface area contributed by atoms with Gasteiger partial charge in [0.15, 0.2) is 0 Å². The molecule has 0 saturated carbocycles. The van der Waals surface area contributed by atoms with Gasteiger partial charge in [-0.15, -0.1) is 0 Å². The molecule has 1 aliphatic carbocycles. The molecule has 0 amide bonds. The lowest BCUT2D eigenvalue weighted by Crippen LogP contribution is -2.10. The molecule has 0 aliphatic heterocycles. The fourth-order valence-electron chi connectivity index (χ4n) is 1.98. The maximum absolute atomic E-state index is 12.1. The summed E-state index contributed by atoms with van der Waals surface area (Å²) < 4.78 is 4.95. The van der Waals surface area contributed by atoms with E-state index in [1.165, 1.54) is 6.92 Å². The number of esters is 1. The van der Waals surface area contributed by atoms with Crippen molar-refractivity contribution in [3.8, 4) is 0 Å². The van der Waals surface area contributed by atoms with Crippen molar-refractivity contribution in [3.63, 3.8) is 0 Å². The zero-order valence-electron chi connectivity index (χ0n) is 10.1. The van der Waals surface area contributed by atoms with Crippen LogP contribution in [0.2, 0.25) is 0 Å². The number of benzene rings is 1. The van der Waals surface area contributed by atoms with Gasteiger partial charge in [-0.25, -0.2) is 0 Å². The van der Waals surface area contributed by atoms with Gasteiger partial charge in [0.1, 0.15) is 11.3 Å². The third-order valence-electron chi connectivity index (χ3n) is 2.74.